The fourth-order valence-electron chi connectivity index (χ4n) is 2.48. The molecule has 0 spiro atoms. The lowest BCUT2D eigenvalue weighted by Crippen LogP contribution is -2.45. The maximum atomic E-state index is 14.0. The number of halogens is 4. The number of imide groups is 1. The Balaban J connectivity index is 1.79. The lowest BCUT2D eigenvalue weighted by Gasteiger charge is -2.18. The van der Waals surface area contributed by atoms with Crippen LogP contribution in [0, 0.1) is 11.6 Å². The van der Waals surface area contributed by atoms with Gasteiger partial charge in [-0.25, -0.2) is 24.6 Å². The van der Waals surface area contributed by atoms with Crippen LogP contribution in [0.1, 0.15) is 28.1 Å². The van der Waals surface area contributed by atoms with Crippen LogP contribution in [0.15, 0.2) is 24.4 Å². The van der Waals surface area contributed by atoms with E-state index in [1.807, 2.05) is 0 Å². The van der Waals surface area contributed by atoms with E-state index in [2.05, 4.69) is 10.3 Å². The van der Waals surface area contributed by atoms with E-state index in [0.717, 1.165) is 29.7 Å². The van der Waals surface area contributed by atoms with Gasteiger partial charge in [0.15, 0.2) is 5.13 Å². The van der Waals surface area contributed by atoms with E-state index in [1.54, 1.807) is 0 Å². The van der Waals surface area contributed by atoms with Crippen LogP contribution >= 0.6 is 11.3 Å². The Hall–Kier alpha value is -2.53. The molecule has 1 saturated carbocycles. The topological polar surface area (TPSA) is 88.3 Å². The van der Waals surface area contributed by atoms with Gasteiger partial charge in [0.25, 0.3) is 5.91 Å². The number of alkyl halides is 2. The summed E-state index contributed by atoms with van der Waals surface area (Å²) in [6, 6.07) is 3.53. The quantitative estimate of drug-likeness (QED) is 0.356. The molecule has 1 aliphatic carbocycles. The molecule has 2 amide bonds. The first-order valence-corrected chi connectivity index (χ1v) is 8.16. The highest BCUT2D eigenvalue weighted by molar-refractivity contribution is 7.17. The third-order valence-corrected chi connectivity index (χ3v) is 4.80. The lowest BCUT2D eigenvalue weighted by atomic mass is 10.0. The van der Waals surface area contributed by atoms with Crippen LogP contribution in [0.25, 0.3) is 0 Å². The molecule has 1 aliphatic rings. The molecule has 1 aromatic carbocycles. The molecule has 3 N–H and O–H groups in total. The molecular formula is C15H12F4N4O2S. The Labute approximate surface area is 148 Å². The molecule has 0 radical (unpaired) electrons. The highest BCUT2D eigenvalue weighted by Crippen LogP contribution is 2.50. The van der Waals surface area contributed by atoms with Gasteiger partial charge in [0, 0.05) is 5.56 Å². The molecule has 26 heavy (non-hydrogen) atoms. The first-order valence-electron chi connectivity index (χ1n) is 7.35. The molecule has 1 heterocycles. The monoisotopic (exact) mass is 388 g/mol. The fraction of sp³-hybridized carbons (Fsp3) is 0.267. The van der Waals surface area contributed by atoms with Crippen molar-refractivity contribution in [3.8, 4) is 0 Å². The molecule has 0 unspecified atom stereocenters. The number of amides is 2. The number of rotatable bonds is 5. The van der Waals surface area contributed by atoms with Gasteiger partial charge in [-0.15, -0.1) is 0 Å². The summed E-state index contributed by atoms with van der Waals surface area (Å²) in [6.45, 7) is 0. The van der Waals surface area contributed by atoms with Gasteiger partial charge >= 0.3 is 12.3 Å². The number of carbonyl (C=O) groups is 2. The van der Waals surface area contributed by atoms with Crippen molar-refractivity contribution in [1.82, 2.24) is 9.99 Å². The first-order chi connectivity index (χ1) is 12.2. The summed E-state index contributed by atoms with van der Waals surface area (Å²) in [5.41, 5.74) is -1.12. The number of anilines is 1. The number of benzene rings is 1. The zero-order chi connectivity index (χ0) is 19.1. The Bertz CT molecular complexity index is 849. The number of thiazole rings is 1. The zero-order valence-electron chi connectivity index (χ0n) is 13.0. The van der Waals surface area contributed by atoms with Crippen LogP contribution in [0.3, 0.4) is 0 Å². The number of hydrazine groups is 1. The van der Waals surface area contributed by atoms with Crippen LogP contribution < -0.4 is 11.2 Å². The van der Waals surface area contributed by atoms with Crippen molar-refractivity contribution >= 4 is 28.3 Å². The molecule has 0 aliphatic heterocycles. The van der Waals surface area contributed by atoms with Gasteiger partial charge in [0.05, 0.1) is 11.7 Å². The summed E-state index contributed by atoms with van der Waals surface area (Å²) in [6.07, 6.45) is -1.49. The maximum absolute atomic E-state index is 14.0. The number of hydrogen-bond acceptors (Lipinski definition) is 6. The summed E-state index contributed by atoms with van der Waals surface area (Å²) in [4.78, 5) is 26.7. The third kappa shape index (κ3) is 3.27. The molecule has 138 valence electrons. The molecule has 1 fully saturated rings. The molecule has 6 nitrogen and oxygen atoms in total. The Morgan fingerprint density at radius 2 is 1.88 bits per heavy atom. The molecule has 0 saturated heterocycles. The molecule has 0 atom stereocenters. The molecule has 1 aromatic heterocycles. The van der Waals surface area contributed by atoms with Crippen molar-refractivity contribution in [2.24, 2.45) is 5.84 Å². The fourth-order valence-corrected chi connectivity index (χ4v) is 3.33. The summed E-state index contributed by atoms with van der Waals surface area (Å²) in [7, 11) is 0. The first kappa shape index (κ1) is 18.3. The van der Waals surface area contributed by atoms with Crippen molar-refractivity contribution in [2.45, 2.75) is 24.8 Å². The van der Waals surface area contributed by atoms with Crippen molar-refractivity contribution < 1.29 is 27.2 Å². The maximum Gasteiger partial charge on any atom is 0.317 e. The average Bonchev–Trinajstić information content (AvgIpc) is 3.20. The van der Waals surface area contributed by atoms with Gasteiger partial charge < -0.3 is 5.32 Å². The van der Waals surface area contributed by atoms with Crippen molar-refractivity contribution in [2.75, 3.05) is 5.32 Å². The standard InChI is InChI=1S/C15H12F4N4O2S/c16-7-2-1-3-8(17)10(7)15(4-5-15)22-14-21-6-9(26-14)12(24)23(20)13(25)11(18)19/h1-3,6,11H,4-5,20H2,(H,21,22). The molecule has 0 bridgehead atoms. The number of nitrogens with one attached hydrogen (secondary N) is 1. The smallest absolute Gasteiger partial charge is 0.317 e. The van der Waals surface area contributed by atoms with Gasteiger partial charge in [-0.05, 0) is 25.0 Å². The Morgan fingerprint density at radius 1 is 1.27 bits per heavy atom. The predicted octanol–water partition coefficient (Wildman–Crippen LogP) is 2.63. The largest absolute Gasteiger partial charge is 0.352 e. The molecule has 11 heteroatoms. The van der Waals surface area contributed by atoms with E-state index in [9.17, 15) is 27.2 Å². The van der Waals surface area contributed by atoms with Gasteiger partial charge in [-0.2, -0.15) is 8.78 Å². The number of nitrogens with two attached hydrogens (primary N) is 1. The lowest BCUT2D eigenvalue weighted by molar-refractivity contribution is -0.140. The second kappa shape index (κ2) is 6.65. The minimum atomic E-state index is -3.42. The van der Waals surface area contributed by atoms with Crippen molar-refractivity contribution in [1.29, 1.82) is 0 Å². The summed E-state index contributed by atoms with van der Waals surface area (Å²) in [5.74, 6) is 0.675. The Kier molecular flexibility index (Phi) is 4.67. The Morgan fingerprint density at radius 3 is 2.42 bits per heavy atom. The number of hydrogen-bond donors (Lipinski definition) is 2. The van der Waals surface area contributed by atoms with Crippen LogP contribution in [0.5, 0.6) is 0 Å². The van der Waals surface area contributed by atoms with E-state index in [1.165, 1.54) is 6.07 Å². The summed E-state index contributed by atoms with van der Waals surface area (Å²) in [5, 5.41) is 2.83. The highest BCUT2D eigenvalue weighted by Gasteiger charge is 2.48. The molecular weight excluding hydrogens is 376 g/mol. The SMILES string of the molecule is NN(C(=O)c1cnc(NC2(c3c(F)cccc3F)CC2)s1)C(=O)C(F)F. The van der Waals surface area contributed by atoms with Gasteiger partial charge in [0.1, 0.15) is 16.5 Å². The summed E-state index contributed by atoms with van der Waals surface area (Å²) >= 11 is 0.736. The minimum Gasteiger partial charge on any atom is -0.352 e. The van der Waals surface area contributed by atoms with Crippen LogP contribution in [-0.2, 0) is 10.3 Å². The van der Waals surface area contributed by atoms with Crippen LogP contribution in [-0.4, -0.2) is 28.2 Å². The normalized spacial score (nSPS) is 15.0. The molecule has 2 aromatic rings. The molecule has 3 rings (SSSR count). The second-order valence-corrected chi connectivity index (χ2v) is 6.68. The third-order valence-electron chi connectivity index (χ3n) is 3.90. The number of aromatic nitrogens is 1. The highest BCUT2D eigenvalue weighted by atomic mass is 32.1. The summed E-state index contributed by atoms with van der Waals surface area (Å²) < 4.78 is 52.7. The number of nitrogens with zero attached hydrogens (tertiary/aromatic N) is 2. The minimum absolute atomic E-state index is 0.128. The van der Waals surface area contributed by atoms with Gasteiger partial charge in [-0.3, -0.25) is 9.59 Å². The van der Waals surface area contributed by atoms with Gasteiger partial charge in [-0.1, -0.05) is 17.4 Å². The van der Waals surface area contributed by atoms with E-state index in [0.29, 0.717) is 12.8 Å². The van der Waals surface area contributed by atoms with Crippen LogP contribution in [0.4, 0.5) is 22.7 Å². The predicted molar refractivity (Wildman–Crippen MR) is 84.4 cm³/mol. The van der Waals surface area contributed by atoms with Crippen molar-refractivity contribution in [3.63, 3.8) is 0 Å². The van der Waals surface area contributed by atoms with E-state index >= 15 is 0 Å². The number of carbonyl (C=O) groups excluding carboxylic acids is 2. The van der Waals surface area contributed by atoms with Crippen LogP contribution in [0.2, 0.25) is 0 Å². The van der Waals surface area contributed by atoms with E-state index < -0.39 is 35.4 Å². The zero-order valence-corrected chi connectivity index (χ0v) is 13.8. The van der Waals surface area contributed by atoms with Crippen molar-refractivity contribution in [3.05, 3.63) is 46.5 Å². The van der Waals surface area contributed by atoms with E-state index in [4.69, 9.17) is 5.84 Å². The average molecular weight is 388 g/mol. The van der Waals surface area contributed by atoms with Gasteiger partial charge in [0.2, 0.25) is 0 Å². The van der Waals surface area contributed by atoms with E-state index in [-0.39, 0.29) is 20.6 Å². The second-order valence-electron chi connectivity index (χ2n) is 5.65.